The number of carboxylic acid groups (broad SMARTS) is 1. The van der Waals surface area contributed by atoms with Gasteiger partial charge in [-0.2, -0.15) is 5.26 Å². The molecule has 0 saturated carbocycles. The van der Waals surface area contributed by atoms with Crippen molar-refractivity contribution < 1.29 is 28.8 Å². The van der Waals surface area contributed by atoms with Crippen molar-refractivity contribution in [2.45, 2.75) is 130 Å². The van der Waals surface area contributed by atoms with Gasteiger partial charge in [-0.1, -0.05) is 153 Å². The van der Waals surface area contributed by atoms with Crippen LogP contribution >= 0.6 is 45.3 Å². The highest BCUT2D eigenvalue weighted by Gasteiger charge is 2.27. The lowest BCUT2D eigenvalue weighted by atomic mass is 10.1. The van der Waals surface area contributed by atoms with Crippen LogP contribution < -0.4 is 23.8 Å². The number of anilines is 3. The number of hydrogen-bond donors (Lipinski definition) is 1. The lowest BCUT2D eigenvalue weighted by Gasteiger charge is -2.25. The molecule has 0 fully saturated rings. The molecule has 88 heavy (non-hydrogen) atoms. The van der Waals surface area contributed by atoms with Crippen LogP contribution in [0.1, 0.15) is 135 Å². The van der Waals surface area contributed by atoms with Crippen LogP contribution in [0.25, 0.3) is 78.5 Å². The Morgan fingerprint density at radius 1 is 0.466 bits per heavy atom. The highest BCUT2D eigenvalue weighted by molar-refractivity contribution is 7.34. The number of hydrogen-bond acceptors (Lipinski definition) is 11. The number of aromatic nitrogens is 2. The molecule has 0 aliphatic heterocycles. The van der Waals surface area contributed by atoms with Gasteiger partial charge >= 0.3 is 5.97 Å². The van der Waals surface area contributed by atoms with E-state index in [-0.39, 0.29) is 5.57 Å². The minimum Gasteiger partial charge on any atom is -0.493 e. The summed E-state index contributed by atoms with van der Waals surface area (Å²) in [7, 11) is 0. The first-order valence-electron chi connectivity index (χ1n) is 31.6. The van der Waals surface area contributed by atoms with E-state index < -0.39 is 5.97 Å². The third-order valence-corrected chi connectivity index (χ3v) is 21.0. The number of fused-ring (bicyclic) bond motifs is 6. The van der Waals surface area contributed by atoms with Crippen LogP contribution in [-0.4, -0.2) is 46.6 Å². The molecule has 6 heterocycles. The normalized spacial score (nSPS) is 11.8. The minimum absolute atomic E-state index is 0.312. The Bertz CT molecular complexity index is 4140. The van der Waals surface area contributed by atoms with E-state index in [2.05, 4.69) is 169 Å². The highest BCUT2D eigenvalue weighted by Crippen LogP contribution is 2.52. The molecule has 11 aromatic rings. The Balaban J connectivity index is 1.05. The van der Waals surface area contributed by atoms with Gasteiger partial charge < -0.3 is 38.1 Å². The van der Waals surface area contributed by atoms with E-state index in [4.69, 9.17) is 18.9 Å². The number of thiophene rings is 4. The monoisotopic (exact) mass is 1250 g/mol. The summed E-state index contributed by atoms with van der Waals surface area (Å²) in [5.74, 6) is 1.85. The summed E-state index contributed by atoms with van der Waals surface area (Å²) in [6, 6.07) is 53.5. The van der Waals surface area contributed by atoms with Crippen LogP contribution in [0.3, 0.4) is 0 Å². The van der Waals surface area contributed by atoms with Crippen molar-refractivity contribution >= 4 is 115 Å². The zero-order valence-corrected chi connectivity index (χ0v) is 54.3. The second-order valence-electron chi connectivity index (χ2n) is 22.4. The van der Waals surface area contributed by atoms with E-state index in [0.29, 0.717) is 31.3 Å². The number of para-hydroxylation sites is 2. The molecule has 1 N–H and O–H groups in total. The quantitative estimate of drug-likeness (QED) is 0.0246. The predicted molar refractivity (Wildman–Crippen MR) is 372 cm³/mol. The van der Waals surface area contributed by atoms with Gasteiger partial charge in [0.15, 0.2) is 0 Å². The first-order chi connectivity index (χ1) is 43.3. The fraction of sp³-hybridized carbons (Fsp3) is 0.324. The van der Waals surface area contributed by atoms with Gasteiger partial charge in [-0.05, 0) is 122 Å². The molecule has 0 spiro atoms. The van der Waals surface area contributed by atoms with Crippen molar-refractivity contribution in [3.8, 4) is 60.6 Å². The topological polar surface area (TPSA) is 111 Å². The number of benzene rings is 5. The fourth-order valence-electron chi connectivity index (χ4n) is 11.4. The van der Waals surface area contributed by atoms with Gasteiger partial charge in [0, 0.05) is 48.7 Å². The van der Waals surface area contributed by atoms with E-state index in [1.54, 1.807) is 11.3 Å². The van der Waals surface area contributed by atoms with Gasteiger partial charge in [0.05, 0.1) is 78.7 Å². The molecule has 0 aliphatic rings. The molecule has 0 amide bonds. The van der Waals surface area contributed by atoms with Crippen LogP contribution in [0.4, 0.5) is 17.1 Å². The maximum absolute atomic E-state index is 12.2. The van der Waals surface area contributed by atoms with Crippen molar-refractivity contribution in [2.75, 3.05) is 31.3 Å². The van der Waals surface area contributed by atoms with Crippen LogP contribution in [-0.2, 0) is 4.79 Å². The summed E-state index contributed by atoms with van der Waals surface area (Å²) in [6.45, 7) is 11.4. The SMILES string of the molecule is CCCCCCOc1ccc(-n2c3cc(/C=C(/C#N)C(=O)O)sc3c3sc(-c4cc5c(s4)c4sc(-c6ccc(N(c7ccccc7)c7ccccc7)cc6)cc4n5-c4ccc(OCCCCCC)cc4OCCCCCC)cc32)c(OCCCCCC)c1. The zero-order valence-electron chi connectivity index (χ0n) is 51.0. The minimum atomic E-state index is -1.25. The molecule has 0 radical (unpaired) electrons. The summed E-state index contributed by atoms with van der Waals surface area (Å²) in [4.78, 5) is 18.6. The Hall–Kier alpha value is -7.80. The molecule has 0 aliphatic carbocycles. The maximum atomic E-state index is 12.2. The van der Waals surface area contributed by atoms with Gasteiger partial charge in [0.2, 0.25) is 0 Å². The van der Waals surface area contributed by atoms with E-state index in [9.17, 15) is 15.2 Å². The summed E-state index contributed by atoms with van der Waals surface area (Å²) >= 11 is 6.87. The number of aliphatic carboxylic acids is 1. The third-order valence-electron chi connectivity index (χ3n) is 16.0. The van der Waals surface area contributed by atoms with E-state index in [0.717, 1.165) is 175 Å². The van der Waals surface area contributed by atoms with Crippen LogP contribution in [0.5, 0.6) is 23.0 Å². The lowest BCUT2D eigenvalue weighted by Crippen LogP contribution is -2.09. The van der Waals surface area contributed by atoms with Crippen molar-refractivity contribution in [1.82, 2.24) is 9.13 Å². The molecular formula is C74H78N4O6S4. The van der Waals surface area contributed by atoms with Crippen LogP contribution in [0.15, 0.2) is 151 Å². The van der Waals surface area contributed by atoms with Crippen molar-refractivity contribution in [1.29, 1.82) is 5.26 Å². The average molecular weight is 1250 g/mol. The molecular weight excluding hydrogens is 1170 g/mol. The number of ether oxygens (including phenoxy) is 4. The first kappa shape index (κ1) is 61.8. The summed E-state index contributed by atoms with van der Waals surface area (Å²) < 4.78 is 35.6. The summed E-state index contributed by atoms with van der Waals surface area (Å²) in [5, 5.41) is 19.9. The highest BCUT2D eigenvalue weighted by atomic mass is 32.1. The Morgan fingerprint density at radius 2 is 0.864 bits per heavy atom. The third kappa shape index (κ3) is 14.0. The van der Waals surface area contributed by atoms with Crippen LogP contribution in [0.2, 0.25) is 0 Å². The van der Waals surface area contributed by atoms with E-state index >= 15 is 0 Å². The number of nitrogens with zero attached hydrogens (tertiary/aromatic N) is 4. The number of unbranched alkanes of at least 4 members (excludes halogenated alkanes) is 12. The first-order valence-corrected chi connectivity index (χ1v) is 34.9. The molecule has 5 aromatic carbocycles. The van der Waals surface area contributed by atoms with Crippen molar-refractivity contribution in [2.24, 2.45) is 0 Å². The smallest absolute Gasteiger partial charge is 0.346 e. The Morgan fingerprint density at radius 3 is 1.30 bits per heavy atom. The van der Waals surface area contributed by atoms with Gasteiger partial charge in [0.1, 0.15) is 34.6 Å². The molecule has 0 atom stereocenters. The summed E-state index contributed by atoms with van der Waals surface area (Å²) in [5.41, 5.74) is 10.1. The second-order valence-corrected chi connectivity index (χ2v) is 26.7. The van der Waals surface area contributed by atoms with E-state index in [1.807, 2.05) is 46.9 Å². The zero-order chi connectivity index (χ0) is 60.8. The molecule has 454 valence electrons. The number of carbonyl (C=O) groups is 1. The Kier molecular flexibility index (Phi) is 21.0. The number of nitriles is 1. The molecule has 0 saturated heterocycles. The summed E-state index contributed by atoms with van der Waals surface area (Å²) in [6.07, 6.45) is 19.1. The maximum Gasteiger partial charge on any atom is 0.346 e. The average Bonchev–Trinajstić information content (AvgIpc) is 1.68. The van der Waals surface area contributed by atoms with E-state index in [1.165, 1.54) is 57.4 Å². The van der Waals surface area contributed by atoms with Gasteiger partial charge in [0.25, 0.3) is 0 Å². The van der Waals surface area contributed by atoms with Crippen molar-refractivity contribution in [3.63, 3.8) is 0 Å². The number of carboxylic acids is 1. The Labute approximate surface area is 533 Å². The largest absolute Gasteiger partial charge is 0.493 e. The van der Waals surface area contributed by atoms with Gasteiger partial charge in [-0.3, -0.25) is 0 Å². The van der Waals surface area contributed by atoms with Gasteiger partial charge in [-0.25, -0.2) is 4.79 Å². The standard InChI is InChI=1S/C74H78N4O6S4/c1-5-9-13-23-39-81-56-35-37-59(65(44-56)83-41-25-15-11-7-3)77-61-46-58(43-52(50-75)74(79)80)85-70(61)71-63(77)48-68(87-71)69-49-64-73(88-69)72-62(78(64)60-38-36-57(82-40-24-14-10-6-2)45-66(60)84-42-26-16-12-8-4)47-67(86-72)51-31-33-55(34-32-51)76(53-27-19-17-20-28-53)54-29-21-18-22-30-54/h17-22,27-38,43-49H,5-16,23-26,39-42H2,1-4H3,(H,79,80)/b52-43-. The molecule has 6 aromatic heterocycles. The van der Waals surface area contributed by atoms with Crippen LogP contribution in [0, 0.1) is 11.3 Å². The lowest BCUT2D eigenvalue weighted by molar-refractivity contribution is -0.132. The molecule has 11 rings (SSSR count). The second kappa shape index (κ2) is 29.9. The molecule has 0 unspecified atom stereocenters. The van der Waals surface area contributed by atoms with Gasteiger partial charge in [-0.15, -0.1) is 45.3 Å². The molecule has 0 bridgehead atoms. The predicted octanol–water partition coefficient (Wildman–Crippen LogP) is 22.8. The van der Waals surface area contributed by atoms with Crippen molar-refractivity contribution in [3.05, 3.63) is 156 Å². The fourth-order valence-corrected chi connectivity index (χ4v) is 16.3. The molecule has 14 heteroatoms. The molecule has 10 nitrogen and oxygen atoms in total. The number of rotatable bonds is 33.